The zero-order valence-corrected chi connectivity index (χ0v) is 24.9. The van der Waals surface area contributed by atoms with Crippen LogP contribution in [0.15, 0.2) is 82.9 Å². The highest BCUT2D eigenvalue weighted by Gasteiger charge is 2.35. The first-order valence-electron chi connectivity index (χ1n) is 13.6. The van der Waals surface area contributed by atoms with Crippen LogP contribution >= 0.6 is 15.9 Å². The molecule has 3 aromatic rings. The van der Waals surface area contributed by atoms with Crippen LogP contribution in [0.3, 0.4) is 0 Å². The molecule has 2 amide bonds. The Labute approximate surface area is 249 Å². The van der Waals surface area contributed by atoms with Crippen molar-refractivity contribution in [1.82, 2.24) is 5.43 Å². The first-order chi connectivity index (χ1) is 19.9. The van der Waals surface area contributed by atoms with Gasteiger partial charge in [0.1, 0.15) is 12.4 Å². The summed E-state index contributed by atoms with van der Waals surface area (Å²) in [5.74, 6) is 1.05. The monoisotopic (exact) mass is 619 g/mol. The molecule has 1 fully saturated rings. The van der Waals surface area contributed by atoms with Gasteiger partial charge in [0.25, 0.3) is 0 Å². The topological polar surface area (TPSA) is 89.5 Å². The van der Waals surface area contributed by atoms with Gasteiger partial charge in [0.05, 0.1) is 25.3 Å². The van der Waals surface area contributed by atoms with Crippen molar-refractivity contribution in [2.45, 2.75) is 33.3 Å². The SMILES string of the molecule is C=CCc1cc(/C=N\NC(=O)[C@@H]2CC(=O)N(c3ccc(OCC)cc3)C2)cc(OCC)c1OCc1ccc(Br)cc1. The zero-order chi connectivity index (χ0) is 29.2. The van der Waals surface area contributed by atoms with Crippen molar-refractivity contribution < 1.29 is 23.8 Å². The number of ether oxygens (including phenoxy) is 3. The van der Waals surface area contributed by atoms with E-state index in [0.717, 1.165) is 32.6 Å². The normalized spacial score (nSPS) is 14.8. The number of hydrogen-bond acceptors (Lipinski definition) is 6. The van der Waals surface area contributed by atoms with E-state index in [4.69, 9.17) is 14.2 Å². The zero-order valence-electron chi connectivity index (χ0n) is 23.3. The predicted octanol–water partition coefficient (Wildman–Crippen LogP) is 6.06. The Morgan fingerprint density at radius 2 is 1.80 bits per heavy atom. The molecule has 0 aliphatic carbocycles. The molecule has 1 aliphatic heterocycles. The Hall–Kier alpha value is -4.11. The number of allylic oxidation sites excluding steroid dienone is 1. The number of anilines is 1. The summed E-state index contributed by atoms with van der Waals surface area (Å²) in [6, 6.07) is 19.0. The van der Waals surface area contributed by atoms with Crippen LogP contribution in [-0.2, 0) is 22.6 Å². The summed E-state index contributed by atoms with van der Waals surface area (Å²) in [5, 5.41) is 4.18. The Kier molecular flexibility index (Phi) is 10.6. The van der Waals surface area contributed by atoms with E-state index in [2.05, 4.69) is 33.0 Å². The third kappa shape index (κ3) is 7.98. The van der Waals surface area contributed by atoms with Gasteiger partial charge in [0.2, 0.25) is 11.8 Å². The van der Waals surface area contributed by atoms with Crippen LogP contribution in [0, 0.1) is 5.92 Å². The van der Waals surface area contributed by atoms with E-state index in [1.165, 1.54) is 0 Å². The second-order valence-electron chi connectivity index (χ2n) is 9.41. The van der Waals surface area contributed by atoms with Gasteiger partial charge in [-0.05, 0) is 79.9 Å². The van der Waals surface area contributed by atoms with Crippen molar-refractivity contribution in [3.05, 3.63) is 94.5 Å². The lowest BCUT2D eigenvalue weighted by Crippen LogP contribution is -2.30. The number of hydrazone groups is 1. The number of hydrogen-bond donors (Lipinski definition) is 1. The van der Waals surface area contributed by atoms with Gasteiger partial charge in [-0.1, -0.05) is 34.1 Å². The Bertz CT molecular complexity index is 1390. The van der Waals surface area contributed by atoms with Crippen molar-refractivity contribution in [3.63, 3.8) is 0 Å². The maximum Gasteiger partial charge on any atom is 0.245 e. The van der Waals surface area contributed by atoms with Gasteiger partial charge in [-0.15, -0.1) is 6.58 Å². The molecule has 8 nitrogen and oxygen atoms in total. The van der Waals surface area contributed by atoms with Gasteiger partial charge < -0.3 is 19.1 Å². The second-order valence-corrected chi connectivity index (χ2v) is 10.3. The van der Waals surface area contributed by atoms with Crippen LogP contribution in [0.1, 0.15) is 37.0 Å². The van der Waals surface area contributed by atoms with E-state index in [9.17, 15) is 9.59 Å². The quantitative estimate of drug-likeness (QED) is 0.143. The molecule has 1 atom stereocenters. The Morgan fingerprint density at radius 3 is 2.49 bits per heavy atom. The van der Waals surface area contributed by atoms with Gasteiger partial charge in [0, 0.05) is 28.7 Å². The molecule has 214 valence electrons. The molecule has 0 radical (unpaired) electrons. The van der Waals surface area contributed by atoms with Gasteiger partial charge in [-0.25, -0.2) is 5.43 Å². The van der Waals surface area contributed by atoms with Gasteiger partial charge in [-0.2, -0.15) is 5.10 Å². The van der Waals surface area contributed by atoms with Crippen LogP contribution in [0.4, 0.5) is 5.69 Å². The van der Waals surface area contributed by atoms with Crippen molar-refractivity contribution in [1.29, 1.82) is 0 Å². The highest BCUT2D eigenvalue weighted by Crippen LogP contribution is 2.34. The molecular formula is C32H34BrN3O5. The van der Waals surface area contributed by atoms with Crippen molar-refractivity contribution in [3.8, 4) is 17.2 Å². The summed E-state index contributed by atoms with van der Waals surface area (Å²) in [6.45, 7) is 9.40. The first kappa shape index (κ1) is 29.9. The Morgan fingerprint density at radius 1 is 1.07 bits per heavy atom. The fraction of sp³-hybridized carbons (Fsp3) is 0.281. The fourth-order valence-corrected chi connectivity index (χ4v) is 4.78. The summed E-state index contributed by atoms with van der Waals surface area (Å²) in [5.41, 5.74) is 5.99. The molecule has 1 saturated heterocycles. The molecule has 0 spiro atoms. The summed E-state index contributed by atoms with van der Waals surface area (Å²) >= 11 is 3.45. The number of nitrogens with one attached hydrogen (secondary N) is 1. The molecule has 1 aliphatic rings. The number of halogens is 1. The van der Waals surface area contributed by atoms with E-state index in [1.807, 2.05) is 74.5 Å². The van der Waals surface area contributed by atoms with Gasteiger partial charge in [0.15, 0.2) is 11.5 Å². The molecule has 0 bridgehead atoms. The number of amides is 2. The highest BCUT2D eigenvalue weighted by atomic mass is 79.9. The molecule has 0 aromatic heterocycles. The average Bonchev–Trinajstić information content (AvgIpc) is 3.36. The smallest absolute Gasteiger partial charge is 0.245 e. The minimum Gasteiger partial charge on any atom is -0.494 e. The van der Waals surface area contributed by atoms with E-state index < -0.39 is 5.92 Å². The van der Waals surface area contributed by atoms with E-state index in [-0.39, 0.29) is 24.8 Å². The molecule has 41 heavy (non-hydrogen) atoms. The maximum absolute atomic E-state index is 12.8. The van der Waals surface area contributed by atoms with Crippen molar-refractivity contribution in [2.75, 3.05) is 24.7 Å². The largest absolute Gasteiger partial charge is 0.494 e. The fourth-order valence-electron chi connectivity index (χ4n) is 4.51. The molecule has 9 heteroatoms. The van der Waals surface area contributed by atoms with Crippen LogP contribution < -0.4 is 24.5 Å². The average molecular weight is 621 g/mol. The number of rotatable bonds is 13. The minimum absolute atomic E-state index is 0.104. The van der Waals surface area contributed by atoms with E-state index in [0.29, 0.717) is 37.7 Å². The third-order valence-corrected chi connectivity index (χ3v) is 6.99. The van der Waals surface area contributed by atoms with Gasteiger partial charge >= 0.3 is 0 Å². The van der Waals surface area contributed by atoms with Crippen LogP contribution in [-0.4, -0.2) is 37.8 Å². The van der Waals surface area contributed by atoms with Crippen molar-refractivity contribution >= 4 is 39.6 Å². The summed E-state index contributed by atoms with van der Waals surface area (Å²) in [4.78, 5) is 27.1. The number of carbonyl (C=O) groups excluding carboxylic acids is 2. The molecule has 0 unspecified atom stereocenters. The molecule has 4 rings (SSSR count). The highest BCUT2D eigenvalue weighted by molar-refractivity contribution is 9.10. The van der Waals surface area contributed by atoms with Crippen LogP contribution in [0.5, 0.6) is 17.2 Å². The third-order valence-electron chi connectivity index (χ3n) is 6.46. The summed E-state index contributed by atoms with van der Waals surface area (Å²) < 4.78 is 18.6. The van der Waals surface area contributed by atoms with Crippen molar-refractivity contribution in [2.24, 2.45) is 11.0 Å². The maximum atomic E-state index is 12.8. The summed E-state index contributed by atoms with van der Waals surface area (Å²) in [6.07, 6.45) is 4.05. The standard InChI is InChI=1S/C32H34BrN3O5/c1-4-7-24-16-23(17-29(40-6-3)31(24)41-21-22-8-10-26(33)11-9-22)19-34-35-32(38)25-18-30(37)36(20-25)27-12-14-28(15-13-27)39-5-2/h4,8-17,19,25H,1,5-7,18,20-21H2,2-3H3,(H,35,38)/b34-19-/t25-/m1/s1. The summed E-state index contributed by atoms with van der Waals surface area (Å²) in [7, 11) is 0. The minimum atomic E-state index is -0.504. The second kappa shape index (κ2) is 14.5. The van der Waals surface area contributed by atoms with Crippen LogP contribution in [0.2, 0.25) is 0 Å². The van der Waals surface area contributed by atoms with E-state index in [1.54, 1.807) is 17.2 Å². The van der Waals surface area contributed by atoms with Crippen LogP contribution in [0.25, 0.3) is 0 Å². The molecule has 1 heterocycles. The lowest BCUT2D eigenvalue weighted by atomic mass is 10.1. The molecule has 3 aromatic carbocycles. The molecular weight excluding hydrogens is 586 g/mol. The lowest BCUT2D eigenvalue weighted by Gasteiger charge is -2.17. The number of carbonyl (C=O) groups is 2. The molecule has 0 saturated carbocycles. The lowest BCUT2D eigenvalue weighted by molar-refractivity contribution is -0.126. The van der Waals surface area contributed by atoms with Gasteiger partial charge in [-0.3, -0.25) is 9.59 Å². The number of benzene rings is 3. The predicted molar refractivity (Wildman–Crippen MR) is 164 cm³/mol. The van der Waals surface area contributed by atoms with E-state index >= 15 is 0 Å². The Balaban J connectivity index is 1.42. The number of nitrogens with zero attached hydrogens (tertiary/aromatic N) is 2. The first-order valence-corrected chi connectivity index (χ1v) is 14.3. The molecule has 1 N–H and O–H groups in total.